The monoisotopic (exact) mass is 312 g/mol. The van der Waals surface area contributed by atoms with Gasteiger partial charge in [-0.15, -0.1) is 11.3 Å². The average Bonchev–Trinajstić information content (AvgIpc) is 2.97. The van der Waals surface area contributed by atoms with Crippen LogP contribution in [0.25, 0.3) is 20.8 Å². The summed E-state index contributed by atoms with van der Waals surface area (Å²) in [5.74, 6) is -0.0119. The highest BCUT2D eigenvalue weighted by atomic mass is 32.1. The Bertz CT molecular complexity index is 822. The standard InChI is InChI=1S/C17H16N2O2S/c1-10(2)11-3-5-12(6-4-11)17-18-14-8-7-13(16(20)19-21)9-15(14)22-17/h3-10,21H,1-2H3,(H,19,20). The van der Waals surface area contributed by atoms with Gasteiger partial charge >= 0.3 is 0 Å². The highest BCUT2D eigenvalue weighted by Gasteiger charge is 2.10. The van der Waals surface area contributed by atoms with Crippen LogP contribution in [0.1, 0.15) is 35.7 Å². The lowest BCUT2D eigenvalue weighted by Crippen LogP contribution is -2.18. The van der Waals surface area contributed by atoms with Crippen LogP contribution in [0.15, 0.2) is 42.5 Å². The largest absolute Gasteiger partial charge is 0.288 e. The van der Waals surface area contributed by atoms with E-state index in [2.05, 4.69) is 43.1 Å². The fraction of sp³-hybridized carbons (Fsp3) is 0.176. The smallest absolute Gasteiger partial charge is 0.274 e. The fourth-order valence-corrected chi connectivity index (χ4v) is 3.27. The minimum atomic E-state index is -0.516. The van der Waals surface area contributed by atoms with Crippen molar-refractivity contribution in [2.45, 2.75) is 19.8 Å². The predicted octanol–water partition coefficient (Wildman–Crippen LogP) is 4.21. The molecule has 0 unspecified atom stereocenters. The van der Waals surface area contributed by atoms with E-state index in [1.807, 2.05) is 0 Å². The molecular formula is C17H16N2O2S. The SMILES string of the molecule is CC(C)c1ccc(-c2nc3ccc(C(=O)NO)cc3s2)cc1. The van der Waals surface area contributed by atoms with Gasteiger partial charge in [-0.2, -0.15) is 0 Å². The van der Waals surface area contributed by atoms with Gasteiger partial charge in [-0.25, -0.2) is 10.5 Å². The van der Waals surface area contributed by atoms with Gasteiger partial charge in [0.05, 0.1) is 10.2 Å². The Labute approximate surface area is 132 Å². The van der Waals surface area contributed by atoms with Crippen molar-refractivity contribution >= 4 is 27.5 Å². The molecule has 2 aromatic carbocycles. The molecule has 112 valence electrons. The van der Waals surface area contributed by atoms with E-state index >= 15 is 0 Å². The third-order valence-electron chi connectivity index (χ3n) is 3.58. The molecule has 0 saturated heterocycles. The summed E-state index contributed by atoms with van der Waals surface area (Å²) in [6, 6.07) is 13.6. The van der Waals surface area contributed by atoms with Crippen LogP contribution < -0.4 is 5.48 Å². The molecule has 2 N–H and O–H groups in total. The van der Waals surface area contributed by atoms with Gasteiger partial charge in [0.2, 0.25) is 0 Å². The molecule has 0 aliphatic heterocycles. The second-order valence-corrected chi connectivity index (χ2v) is 6.45. The van der Waals surface area contributed by atoms with Crippen LogP contribution in [0.3, 0.4) is 0 Å². The van der Waals surface area contributed by atoms with Crippen LogP contribution in [0.5, 0.6) is 0 Å². The Morgan fingerprint density at radius 1 is 1.18 bits per heavy atom. The zero-order chi connectivity index (χ0) is 15.7. The molecule has 3 rings (SSSR count). The number of thiazole rings is 1. The molecule has 3 aromatic rings. The maximum Gasteiger partial charge on any atom is 0.274 e. The lowest BCUT2D eigenvalue weighted by Gasteiger charge is -2.05. The predicted molar refractivity (Wildman–Crippen MR) is 88.4 cm³/mol. The number of benzene rings is 2. The Balaban J connectivity index is 1.99. The van der Waals surface area contributed by atoms with Crippen LogP contribution in [-0.2, 0) is 0 Å². The third-order valence-corrected chi connectivity index (χ3v) is 4.64. The minimum absolute atomic E-state index is 0.417. The van der Waals surface area contributed by atoms with E-state index in [9.17, 15) is 4.79 Å². The first-order chi connectivity index (χ1) is 10.6. The molecule has 22 heavy (non-hydrogen) atoms. The average molecular weight is 312 g/mol. The van der Waals surface area contributed by atoms with Crippen molar-refractivity contribution in [1.29, 1.82) is 0 Å². The second kappa shape index (κ2) is 5.87. The molecule has 1 amide bonds. The van der Waals surface area contributed by atoms with E-state index in [1.54, 1.807) is 23.7 Å². The number of nitrogens with zero attached hydrogens (tertiary/aromatic N) is 1. The molecule has 0 aliphatic carbocycles. The van der Waals surface area contributed by atoms with Crippen molar-refractivity contribution in [1.82, 2.24) is 10.5 Å². The number of amides is 1. The highest BCUT2D eigenvalue weighted by Crippen LogP contribution is 2.31. The van der Waals surface area contributed by atoms with Crippen molar-refractivity contribution < 1.29 is 10.0 Å². The van der Waals surface area contributed by atoms with Gasteiger partial charge < -0.3 is 0 Å². The number of hydrogen-bond donors (Lipinski definition) is 2. The number of aromatic nitrogens is 1. The molecule has 0 spiro atoms. The van der Waals surface area contributed by atoms with Crippen LogP contribution in [0, 0.1) is 0 Å². The van der Waals surface area contributed by atoms with Gasteiger partial charge in [-0.1, -0.05) is 38.1 Å². The maximum atomic E-state index is 11.5. The molecule has 0 saturated carbocycles. The van der Waals surface area contributed by atoms with Crippen LogP contribution >= 0.6 is 11.3 Å². The van der Waals surface area contributed by atoms with Gasteiger partial charge in [-0.05, 0) is 29.7 Å². The first-order valence-corrected chi connectivity index (χ1v) is 7.85. The van der Waals surface area contributed by atoms with E-state index in [4.69, 9.17) is 5.21 Å². The number of carbonyl (C=O) groups excluding carboxylic acids is 1. The fourth-order valence-electron chi connectivity index (χ4n) is 2.26. The van der Waals surface area contributed by atoms with Gasteiger partial charge in [0.25, 0.3) is 5.91 Å². The van der Waals surface area contributed by atoms with Crippen molar-refractivity contribution in [3.63, 3.8) is 0 Å². The minimum Gasteiger partial charge on any atom is -0.288 e. The summed E-state index contributed by atoms with van der Waals surface area (Å²) < 4.78 is 0.920. The van der Waals surface area contributed by atoms with E-state index in [-0.39, 0.29) is 0 Å². The van der Waals surface area contributed by atoms with Crippen LogP contribution in [0.4, 0.5) is 0 Å². The Kier molecular flexibility index (Phi) is 3.92. The van der Waals surface area contributed by atoms with Crippen LogP contribution in [-0.4, -0.2) is 16.1 Å². The van der Waals surface area contributed by atoms with Crippen molar-refractivity contribution in [3.05, 3.63) is 53.6 Å². The molecule has 0 bridgehead atoms. The Morgan fingerprint density at radius 2 is 1.91 bits per heavy atom. The topological polar surface area (TPSA) is 62.2 Å². The van der Waals surface area contributed by atoms with E-state index in [0.717, 1.165) is 20.8 Å². The van der Waals surface area contributed by atoms with Crippen molar-refractivity contribution in [2.24, 2.45) is 0 Å². The summed E-state index contributed by atoms with van der Waals surface area (Å²) in [6.07, 6.45) is 0. The second-order valence-electron chi connectivity index (χ2n) is 5.42. The molecule has 1 heterocycles. The van der Waals surface area contributed by atoms with E-state index < -0.39 is 5.91 Å². The molecule has 0 fully saturated rings. The number of carbonyl (C=O) groups is 1. The quantitative estimate of drug-likeness (QED) is 0.562. The number of hydroxylamine groups is 1. The summed E-state index contributed by atoms with van der Waals surface area (Å²) in [6.45, 7) is 4.33. The number of rotatable bonds is 3. The first kappa shape index (κ1) is 14.7. The van der Waals surface area contributed by atoms with Crippen molar-refractivity contribution in [2.75, 3.05) is 0 Å². The zero-order valence-electron chi connectivity index (χ0n) is 12.3. The Hall–Kier alpha value is -2.24. The van der Waals surface area contributed by atoms with E-state index in [0.29, 0.717) is 11.5 Å². The lowest BCUT2D eigenvalue weighted by molar-refractivity contribution is 0.0706. The zero-order valence-corrected chi connectivity index (χ0v) is 13.1. The molecule has 5 heteroatoms. The first-order valence-electron chi connectivity index (χ1n) is 7.04. The molecule has 1 aromatic heterocycles. The number of hydrogen-bond acceptors (Lipinski definition) is 4. The highest BCUT2D eigenvalue weighted by molar-refractivity contribution is 7.21. The summed E-state index contributed by atoms with van der Waals surface area (Å²) in [5, 5.41) is 9.63. The third kappa shape index (κ3) is 2.73. The van der Waals surface area contributed by atoms with Gasteiger partial charge in [0, 0.05) is 11.1 Å². The molecule has 4 nitrogen and oxygen atoms in total. The molecule has 0 aliphatic rings. The van der Waals surface area contributed by atoms with Crippen LogP contribution in [0.2, 0.25) is 0 Å². The maximum absolute atomic E-state index is 11.5. The van der Waals surface area contributed by atoms with E-state index in [1.165, 1.54) is 16.9 Å². The summed E-state index contributed by atoms with van der Waals surface area (Å²) in [5.41, 5.74) is 5.28. The summed E-state index contributed by atoms with van der Waals surface area (Å²) in [7, 11) is 0. The normalized spacial score (nSPS) is 11.1. The lowest BCUT2D eigenvalue weighted by atomic mass is 10.0. The number of fused-ring (bicyclic) bond motifs is 1. The van der Waals surface area contributed by atoms with Gasteiger partial charge in [-0.3, -0.25) is 10.0 Å². The van der Waals surface area contributed by atoms with Gasteiger partial charge in [0.1, 0.15) is 5.01 Å². The van der Waals surface area contributed by atoms with Crippen molar-refractivity contribution in [3.8, 4) is 10.6 Å². The molecular weight excluding hydrogens is 296 g/mol. The summed E-state index contributed by atoms with van der Waals surface area (Å²) >= 11 is 1.53. The van der Waals surface area contributed by atoms with Gasteiger partial charge in [0.15, 0.2) is 0 Å². The summed E-state index contributed by atoms with van der Waals surface area (Å²) in [4.78, 5) is 16.1. The Morgan fingerprint density at radius 3 is 2.55 bits per heavy atom. The molecule has 0 radical (unpaired) electrons. The molecule has 0 atom stereocenters. The number of nitrogens with one attached hydrogen (secondary N) is 1.